The van der Waals surface area contributed by atoms with Gasteiger partial charge in [0.2, 0.25) is 0 Å². The van der Waals surface area contributed by atoms with Gasteiger partial charge in [0.15, 0.2) is 0 Å². The summed E-state index contributed by atoms with van der Waals surface area (Å²) < 4.78 is 0. The lowest BCUT2D eigenvalue weighted by Gasteiger charge is -2.34. The summed E-state index contributed by atoms with van der Waals surface area (Å²) in [4.78, 5) is 14.9. The maximum Gasteiger partial charge on any atom is 0.255 e. The second kappa shape index (κ2) is 8.17. The molecule has 2 aromatic rings. The van der Waals surface area contributed by atoms with Crippen LogP contribution in [-0.4, -0.2) is 30.7 Å². The Hall–Kier alpha value is -2.33. The summed E-state index contributed by atoms with van der Waals surface area (Å²) in [6, 6.07) is 15.7. The van der Waals surface area contributed by atoms with Crippen LogP contribution in [-0.2, 0) is 6.42 Å². The summed E-state index contributed by atoms with van der Waals surface area (Å²) in [6.45, 7) is 4.18. The van der Waals surface area contributed by atoms with Crippen molar-refractivity contribution in [3.63, 3.8) is 0 Å². The summed E-state index contributed by atoms with van der Waals surface area (Å²) in [5.74, 6) is 0.315. The zero-order valence-corrected chi connectivity index (χ0v) is 14.7. The summed E-state index contributed by atoms with van der Waals surface area (Å²) in [6.07, 6.45) is 2.93. The summed E-state index contributed by atoms with van der Waals surface area (Å²) in [5.41, 5.74) is 3.79. The predicted octanol–water partition coefficient (Wildman–Crippen LogP) is 3.71. The van der Waals surface area contributed by atoms with Gasteiger partial charge in [0.05, 0.1) is 11.4 Å². The number of nitrogens with one attached hydrogen (secondary N) is 1. The van der Waals surface area contributed by atoms with E-state index in [9.17, 15) is 9.90 Å². The van der Waals surface area contributed by atoms with E-state index >= 15 is 0 Å². The van der Waals surface area contributed by atoms with E-state index in [4.69, 9.17) is 0 Å². The fourth-order valence-corrected chi connectivity index (χ4v) is 3.30. The van der Waals surface area contributed by atoms with E-state index in [1.54, 1.807) is 0 Å². The number of hydrogen-bond donors (Lipinski definition) is 2. The van der Waals surface area contributed by atoms with Crippen molar-refractivity contribution in [1.29, 1.82) is 0 Å². The van der Waals surface area contributed by atoms with Crippen LogP contribution in [0, 0.1) is 5.92 Å². The van der Waals surface area contributed by atoms with E-state index in [-0.39, 0.29) is 12.5 Å². The standard InChI is InChI=1S/C21H26N2O2/c1-2-16-7-9-18(10-8-16)21(25)22-19-5-3-4-6-20(19)23-13-11-17(15-24)12-14-23/h3-10,17,24H,2,11-15H2,1H3,(H,22,25). The van der Waals surface area contributed by atoms with Gasteiger partial charge >= 0.3 is 0 Å². The second-order valence-electron chi connectivity index (χ2n) is 6.63. The van der Waals surface area contributed by atoms with Crippen molar-refractivity contribution >= 4 is 17.3 Å². The lowest BCUT2D eigenvalue weighted by atomic mass is 9.97. The first-order valence-electron chi connectivity index (χ1n) is 9.06. The lowest BCUT2D eigenvalue weighted by Crippen LogP contribution is -2.35. The number of aliphatic hydroxyl groups is 1. The Bertz CT molecular complexity index is 704. The monoisotopic (exact) mass is 338 g/mol. The molecule has 1 heterocycles. The normalized spacial score (nSPS) is 15.2. The largest absolute Gasteiger partial charge is 0.396 e. The number of hydrogen-bond acceptors (Lipinski definition) is 3. The second-order valence-corrected chi connectivity index (χ2v) is 6.63. The molecule has 4 nitrogen and oxygen atoms in total. The Morgan fingerprint density at radius 2 is 1.80 bits per heavy atom. The van der Waals surface area contributed by atoms with Gasteiger partial charge in [-0.05, 0) is 55.0 Å². The number of rotatable bonds is 5. The third-order valence-corrected chi connectivity index (χ3v) is 4.99. The van der Waals surface area contributed by atoms with Crippen LogP contribution in [0.15, 0.2) is 48.5 Å². The Kier molecular flexibility index (Phi) is 5.71. The molecular formula is C21H26N2O2. The molecule has 1 saturated heterocycles. The van der Waals surface area contributed by atoms with Crippen molar-refractivity contribution in [3.05, 3.63) is 59.7 Å². The van der Waals surface area contributed by atoms with Crippen molar-refractivity contribution in [3.8, 4) is 0 Å². The highest BCUT2D eigenvalue weighted by atomic mass is 16.3. The first-order chi connectivity index (χ1) is 12.2. The van der Waals surface area contributed by atoms with Crippen LogP contribution in [0.4, 0.5) is 11.4 Å². The molecule has 0 aliphatic carbocycles. The zero-order chi connectivity index (χ0) is 17.6. The van der Waals surface area contributed by atoms with E-state index in [0.29, 0.717) is 11.5 Å². The molecule has 0 saturated carbocycles. The van der Waals surface area contributed by atoms with Crippen molar-refractivity contribution in [1.82, 2.24) is 0 Å². The molecule has 2 N–H and O–H groups in total. The van der Waals surface area contributed by atoms with E-state index in [1.165, 1.54) is 5.56 Å². The number of para-hydroxylation sites is 2. The minimum absolute atomic E-state index is 0.0830. The number of aliphatic hydroxyl groups excluding tert-OH is 1. The summed E-state index contributed by atoms with van der Waals surface area (Å²) in [7, 11) is 0. The minimum atomic E-state index is -0.0830. The van der Waals surface area contributed by atoms with E-state index < -0.39 is 0 Å². The molecule has 1 amide bonds. The first-order valence-corrected chi connectivity index (χ1v) is 9.06. The maximum atomic E-state index is 12.6. The molecule has 25 heavy (non-hydrogen) atoms. The smallest absolute Gasteiger partial charge is 0.255 e. The average molecular weight is 338 g/mol. The number of nitrogens with zero attached hydrogens (tertiary/aromatic N) is 1. The van der Waals surface area contributed by atoms with Gasteiger partial charge in [-0.25, -0.2) is 0 Å². The molecule has 1 aliphatic heterocycles. The van der Waals surface area contributed by atoms with Crippen molar-refractivity contribution in [2.24, 2.45) is 5.92 Å². The Morgan fingerprint density at radius 1 is 1.12 bits per heavy atom. The van der Waals surface area contributed by atoms with Crippen LogP contribution in [0.5, 0.6) is 0 Å². The molecule has 0 unspecified atom stereocenters. The fraction of sp³-hybridized carbons (Fsp3) is 0.381. The quantitative estimate of drug-likeness (QED) is 0.874. The number of carbonyl (C=O) groups is 1. The molecule has 4 heteroatoms. The number of aryl methyl sites for hydroxylation is 1. The number of benzene rings is 2. The number of amides is 1. The highest BCUT2D eigenvalue weighted by Crippen LogP contribution is 2.30. The van der Waals surface area contributed by atoms with Crippen LogP contribution in [0.25, 0.3) is 0 Å². The number of anilines is 2. The molecule has 1 fully saturated rings. The minimum Gasteiger partial charge on any atom is -0.396 e. The molecule has 3 rings (SSSR count). The highest BCUT2D eigenvalue weighted by Gasteiger charge is 2.21. The van der Waals surface area contributed by atoms with Crippen molar-refractivity contribution < 1.29 is 9.90 Å². The third-order valence-electron chi connectivity index (χ3n) is 4.99. The van der Waals surface area contributed by atoms with Gasteiger partial charge in [0.25, 0.3) is 5.91 Å². The van der Waals surface area contributed by atoms with Gasteiger partial charge in [0, 0.05) is 25.3 Å². The highest BCUT2D eigenvalue weighted by molar-refractivity contribution is 6.06. The molecule has 1 aliphatic rings. The van der Waals surface area contributed by atoms with Crippen LogP contribution in [0.2, 0.25) is 0 Å². The molecular weight excluding hydrogens is 312 g/mol. The van der Waals surface area contributed by atoms with Crippen LogP contribution in [0.3, 0.4) is 0 Å². The van der Waals surface area contributed by atoms with Crippen LogP contribution < -0.4 is 10.2 Å². The maximum absolute atomic E-state index is 12.6. The summed E-state index contributed by atoms with van der Waals surface area (Å²) >= 11 is 0. The first kappa shape index (κ1) is 17.5. The average Bonchev–Trinajstić information content (AvgIpc) is 2.68. The van der Waals surface area contributed by atoms with Gasteiger partial charge in [-0.3, -0.25) is 4.79 Å². The Morgan fingerprint density at radius 3 is 2.44 bits per heavy atom. The van der Waals surface area contributed by atoms with Gasteiger partial charge in [0.1, 0.15) is 0 Å². The van der Waals surface area contributed by atoms with E-state index in [2.05, 4.69) is 23.2 Å². The lowest BCUT2D eigenvalue weighted by molar-refractivity contribution is 0.102. The van der Waals surface area contributed by atoms with Crippen molar-refractivity contribution in [2.75, 3.05) is 29.9 Å². The fourth-order valence-electron chi connectivity index (χ4n) is 3.30. The predicted molar refractivity (Wildman–Crippen MR) is 102 cm³/mol. The molecule has 2 aromatic carbocycles. The van der Waals surface area contributed by atoms with Crippen LogP contribution >= 0.6 is 0 Å². The third kappa shape index (κ3) is 4.20. The molecule has 0 aromatic heterocycles. The van der Waals surface area contributed by atoms with Crippen molar-refractivity contribution in [2.45, 2.75) is 26.2 Å². The Balaban J connectivity index is 1.73. The van der Waals surface area contributed by atoms with E-state index in [1.807, 2.05) is 42.5 Å². The number of piperidine rings is 1. The zero-order valence-electron chi connectivity index (χ0n) is 14.7. The van der Waals surface area contributed by atoms with Crippen LogP contribution in [0.1, 0.15) is 35.7 Å². The Labute approximate surface area is 149 Å². The topological polar surface area (TPSA) is 52.6 Å². The molecule has 0 radical (unpaired) electrons. The molecule has 132 valence electrons. The van der Waals surface area contributed by atoms with Gasteiger partial charge in [-0.2, -0.15) is 0 Å². The molecule has 0 bridgehead atoms. The summed E-state index contributed by atoms with van der Waals surface area (Å²) in [5, 5.41) is 12.4. The molecule has 0 spiro atoms. The van der Waals surface area contributed by atoms with Gasteiger partial charge in [-0.15, -0.1) is 0 Å². The van der Waals surface area contributed by atoms with E-state index in [0.717, 1.165) is 43.7 Å². The number of carbonyl (C=O) groups excluding carboxylic acids is 1. The van der Waals surface area contributed by atoms with Gasteiger partial charge < -0.3 is 15.3 Å². The van der Waals surface area contributed by atoms with Gasteiger partial charge in [-0.1, -0.05) is 31.2 Å². The SMILES string of the molecule is CCc1ccc(C(=O)Nc2ccccc2N2CCC(CO)CC2)cc1. The molecule has 0 atom stereocenters.